The molecule has 0 aliphatic heterocycles. The van der Waals surface area contributed by atoms with Gasteiger partial charge in [0.2, 0.25) is 0 Å². The Hall–Kier alpha value is -1.00. The largest absolute Gasteiger partial charge is 0.496 e. The van der Waals surface area contributed by atoms with Gasteiger partial charge in [-0.3, -0.25) is 0 Å². The molecule has 4 aliphatic rings. The molecule has 4 bridgehead atoms. The molecule has 0 N–H and O–H groups in total. The Morgan fingerprint density at radius 2 is 1.96 bits per heavy atom. The Morgan fingerprint density at radius 3 is 2.62 bits per heavy atom. The second-order valence-electron chi connectivity index (χ2n) is 8.01. The SMILES string of the molecule is CCOc1cccc(C(OC)=C2C3CC4CC2CC(OCCBr)(C4)C3)c1. The number of alkyl halides is 1. The summed E-state index contributed by atoms with van der Waals surface area (Å²) >= 11 is 3.52. The lowest BCUT2D eigenvalue weighted by molar-refractivity contribution is -0.140. The molecule has 142 valence electrons. The van der Waals surface area contributed by atoms with Crippen molar-refractivity contribution in [1.29, 1.82) is 0 Å². The first kappa shape index (κ1) is 18.4. The first-order chi connectivity index (χ1) is 12.7. The molecule has 0 amide bonds. The number of hydrogen-bond acceptors (Lipinski definition) is 3. The van der Waals surface area contributed by atoms with Crippen molar-refractivity contribution in [3.8, 4) is 5.75 Å². The molecule has 0 heterocycles. The zero-order chi connectivity index (χ0) is 18.1. The van der Waals surface area contributed by atoms with Gasteiger partial charge < -0.3 is 14.2 Å². The van der Waals surface area contributed by atoms with Gasteiger partial charge in [0.15, 0.2) is 0 Å². The molecule has 5 rings (SSSR count). The normalized spacial score (nSPS) is 32.0. The van der Waals surface area contributed by atoms with E-state index in [1.54, 1.807) is 0 Å². The molecule has 0 aromatic heterocycles. The molecule has 2 atom stereocenters. The Balaban J connectivity index is 1.67. The maximum atomic E-state index is 6.38. The minimum atomic E-state index is 0.111. The molecule has 0 radical (unpaired) electrons. The van der Waals surface area contributed by atoms with E-state index in [0.717, 1.165) is 47.8 Å². The minimum Gasteiger partial charge on any atom is -0.496 e. The van der Waals surface area contributed by atoms with Gasteiger partial charge in [-0.25, -0.2) is 0 Å². The fourth-order valence-electron chi connectivity index (χ4n) is 5.81. The van der Waals surface area contributed by atoms with Crippen LogP contribution in [0.15, 0.2) is 29.8 Å². The van der Waals surface area contributed by atoms with Crippen molar-refractivity contribution < 1.29 is 14.2 Å². The van der Waals surface area contributed by atoms with Gasteiger partial charge in [-0.2, -0.15) is 0 Å². The highest BCUT2D eigenvalue weighted by atomic mass is 79.9. The van der Waals surface area contributed by atoms with Crippen LogP contribution >= 0.6 is 15.9 Å². The average molecular weight is 421 g/mol. The monoisotopic (exact) mass is 420 g/mol. The van der Waals surface area contributed by atoms with E-state index in [9.17, 15) is 0 Å². The number of ether oxygens (including phenoxy) is 3. The molecule has 1 aromatic carbocycles. The summed E-state index contributed by atoms with van der Waals surface area (Å²) in [7, 11) is 1.82. The van der Waals surface area contributed by atoms with Crippen molar-refractivity contribution in [1.82, 2.24) is 0 Å². The standard InChI is InChI=1S/C22H29BrO3/c1-3-25-19-6-4-5-16(11-19)21(24-2)20-17-9-15-10-18(20)14-22(12-15,13-17)26-8-7-23/h4-6,11,15,17-18H,3,7-10,12-14H2,1-2H3. The van der Waals surface area contributed by atoms with E-state index < -0.39 is 0 Å². The fraction of sp³-hybridized carbons (Fsp3) is 0.636. The summed E-state index contributed by atoms with van der Waals surface area (Å²) in [6.07, 6.45) is 6.15. The molecule has 0 spiro atoms. The van der Waals surface area contributed by atoms with Crippen LogP contribution in [0.1, 0.15) is 44.6 Å². The average Bonchev–Trinajstić information content (AvgIpc) is 2.63. The van der Waals surface area contributed by atoms with Crippen LogP contribution < -0.4 is 4.74 Å². The summed E-state index contributed by atoms with van der Waals surface area (Å²) in [6, 6.07) is 8.36. The highest BCUT2D eigenvalue weighted by Gasteiger charge is 2.54. The molecule has 26 heavy (non-hydrogen) atoms. The summed E-state index contributed by atoms with van der Waals surface area (Å²) in [5.74, 6) is 4.01. The third-order valence-corrected chi connectivity index (χ3v) is 6.70. The minimum absolute atomic E-state index is 0.111. The summed E-state index contributed by atoms with van der Waals surface area (Å²) in [6.45, 7) is 3.52. The highest BCUT2D eigenvalue weighted by Crippen LogP contribution is 2.60. The summed E-state index contributed by atoms with van der Waals surface area (Å²) in [5.41, 5.74) is 2.80. The van der Waals surface area contributed by atoms with Gasteiger partial charge >= 0.3 is 0 Å². The summed E-state index contributed by atoms with van der Waals surface area (Å²) in [5, 5.41) is 0.922. The van der Waals surface area contributed by atoms with Crippen LogP contribution in [0.2, 0.25) is 0 Å². The van der Waals surface area contributed by atoms with Gasteiger partial charge in [0.05, 0.1) is 25.9 Å². The molecule has 1 aromatic rings. The zero-order valence-electron chi connectivity index (χ0n) is 15.8. The first-order valence-electron chi connectivity index (χ1n) is 9.89. The number of allylic oxidation sites excluding steroid dienone is 1. The highest BCUT2D eigenvalue weighted by molar-refractivity contribution is 9.09. The molecule has 4 fully saturated rings. The van der Waals surface area contributed by atoms with Crippen molar-refractivity contribution in [3.05, 3.63) is 35.4 Å². The van der Waals surface area contributed by atoms with Crippen molar-refractivity contribution in [2.75, 3.05) is 25.7 Å². The molecule has 3 nitrogen and oxygen atoms in total. The second kappa shape index (κ2) is 7.55. The summed E-state index contributed by atoms with van der Waals surface area (Å²) in [4.78, 5) is 0. The lowest BCUT2D eigenvalue weighted by Gasteiger charge is -2.57. The topological polar surface area (TPSA) is 27.7 Å². The molecular formula is C22H29BrO3. The maximum absolute atomic E-state index is 6.38. The predicted octanol–water partition coefficient (Wildman–Crippen LogP) is 5.43. The van der Waals surface area contributed by atoms with Crippen LogP contribution in [-0.4, -0.2) is 31.3 Å². The van der Waals surface area contributed by atoms with Gasteiger partial charge in [0.1, 0.15) is 11.5 Å². The second-order valence-corrected chi connectivity index (χ2v) is 8.81. The number of hydrogen-bond donors (Lipinski definition) is 0. The molecule has 2 unspecified atom stereocenters. The fourth-order valence-corrected chi connectivity index (χ4v) is 5.98. The Bertz CT molecular complexity index is 666. The van der Waals surface area contributed by atoms with Crippen molar-refractivity contribution in [2.24, 2.45) is 17.8 Å². The zero-order valence-corrected chi connectivity index (χ0v) is 17.4. The van der Waals surface area contributed by atoms with Gasteiger partial charge in [0, 0.05) is 10.9 Å². The van der Waals surface area contributed by atoms with Crippen LogP contribution in [0.4, 0.5) is 0 Å². The van der Waals surface area contributed by atoms with E-state index in [1.807, 2.05) is 20.1 Å². The van der Waals surface area contributed by atoms with E-state index in [-0.39, 0.29) is 5.60 Å². The number of benzene rings is 1. The third kappa shape index (κ3) is 3.31. The van der Waals surface area contributed by atoms with Crippen LogP contribution in [0.25, 0.3) is 5.76 Å². The van der Waals surface area contributed by atoms with Crippen LogP contribution in [0.3, 0.4) is 0 Å². The van der Waals surface area contributed by atoms with E-state index in [0.29, 0.717) is 18.4 Å². The lowest BCUT2D eigenvalue weighted by Crippen LogP contribution is -2.53. The van der Waals surface area contributed by atoms with E-state index in [1.165, 1.54) is 24.8 Å². The Kier molecular flexibility index (Phi) is 5.34. The number of rotatable bonds is 7. The smallest absolute Gasteiger partial charge is 0.125 e. The lowest BCUT2D eigenvalue weighted by atomic mass is 9.52. The molecular weight excluding hydrogens is 392 g/mol. The van der Waals surface area contributed by atoms with E-state index in [4.69, 9.17) is 14.2 Å². The first-order valence-corrected chi connectivity index (χ1v) is 11.0. The van der Waals surface area contributed by atoms with Crippen LogP contribution in [0.5, 0.6) is 5.75 Å². The van der Waals surface area contributed by atoms with Crippen molar-refractivity contribution >= 4 is 21.7 Å². The van der Waals surface area contributed by atoms with Crippen LogP contribution in [-0.2, 0) is 9.47 Å². The summed E-state index contributed by atoms with van der Waals surface area (Å²) < 4.78 is 18.1. The number of halogens is 1. The quantitative estimate of drug-likeness (QED) is 0.434. The molecule has 4 aliphatic carbocycles. The van der Waals surface area contributed by atoms with E-state index >= 15 is 0 Å². The van der Waals surface area contributed by atoms with Gasteiger partial charge in [-0.1, -0.05) is 28.1 Å². The predicted molar refractivity (Wildman–Crippen MR) is 108 cm³/mol. The van der Waals surface area contributed by atoms with Gasteiger partial charge in [-0.05, 0) is 74.5 Å². The third-order valence-electron chi connectivity index (χ3n) is 6.37. The van der Waals surface area contributed by atoms with Crippen LogP contribution in [0, 0.1) is 17.8 Å². The molecule has 4 heteroatoms. The van der Waals surface area contributed by atoms with Gasteiger partial charge in [-0.15, -0.1) is 0 Å². The molecule has 4 saturated carbocycles. The molecule has 0 saturated heterocycles. The Labute approximate surface area is 165 Å². The van der Waals surface area contributed by atoms with Crippen molar-refractivity contribution in [3.63, 3.8) is 0 Å². The van der Waals surface area contributed by atoms with Crippen molar-refractivity contribution in [2.45, 2.75) is 44.6 Å². The Morgan fingerprint density at radius 1 is 1.19 bits per heavy atom. The maximum Gasteiger partial charge on any atom is 0.125 e. The number of methoxy groups -OCH3 is 1. The van der Waals surface area contributed by atoms with E-state index in [2.05, 4.69) is 34.1 Å². The van der Waals surface area contributed by atoms with Gasteiger partial charge in [0.25, 0.3) is 0 Å².